The van der Waals surface area contributed by atoms with Gasteiger partial charge in [-0.2, -0.15) is 11.8 Å². The van der Waals surface area contributed by atoms with Crippen molar-refractivity contribution < 1.29 is 14.3 Å². The number of hydrogen-bond acceptors (Lipinski definition) is 4. The Kier molecular flexibility index (Phi) is 3.23. The summed E-state index contributed by atoms with van der Waals surface area (Å²) in [6, 6.07) is 0. The molecule has 0 saturated carbocycles. The zero-order chi connectivity index (χ0) is 11.6. The van der Waals surface area contributed by atoms with Crippen LogP contribution in [0.25, 0.3) is 0 Å². The highest BCUT2D eigenvalue weighted by atomic mass is 32.2. The summed E-state index contributed by atoms with van der Waals surface area (Å²) in [5.74, 6) is 2.01. The van der Waals surface area contributed by atoms with Crippen LogP contribution < -0.4 is 0 Å². The topological polar surface area (TPSA) is 63.3 Å². The number of carboxylic acids is 1. The van der Waals surface area contributed by atoms with Crippen molar-refractivity contribution in [2.75, 3.05) is 11.5 Å². The van der Waals surface area contributed by atoms with E-state index >= 15 is 0 Å². The van der Waals surface area contributed by atoms with E-state index in [0.29, 0.717) is 11.6 Å². The molecular formula is C11H15NO3S. The lowest BCUT2D eigenvalue weighted by molar-refractivity contribution is -0.136. The molecule has 2 rings (SSSR count). The molecule has 1 saturated heterocycles. The second-order valence-corrected chi connectivity index (χ2v) is 5.54. The van der Waals surface area contributed by atoms with E-state index in [4.69, 9.17) is 9.52 Å². The summed E-state index contributed by atoms with van der Waals surface area (Å²) in [5, 5.41) is 8.66. The molecule has 1 aromatic rings. The number of aliphatic carboxylic acids is 1. The Bertz CT molecular complexity index is 382. The van der Waals surface area contributed by atoms with Gasteiger partial charge >= 0.3 is 5.97 Å². The Morgan fingerprint density at radius 2 is 2.56 bits per heavy atom. The second kappa shape index (κ2) is 4.49. The predicted molar refractivity (Wildman–Crippen MR) is 61.8 cm³/mol. The molecule has 0 radical (unpaired) electrons. The summed E-state index contributed by atoms with van der Waals surface area (Å²) in [5.41, 5.74) is 0.485. The largest absolute Gasteiger partial charge is 0.481 e. The highest BCUT2D eigenvalue weighted by Crippen LogP contribution is 2.36. The Hall–Kier alpha value is -0.970. The maximum absolute atomic E-state index is 10.5. The fourth-order valence-electron chi connectivity index (χ4n) is 1.92. The molecule has 0 aromatic carbocycles. The van der Waals surface area contributed by atoms with Crippen LogP contribution >= 0.6 is 11.8 Å². The van der Waals surface area contributed by atoms with Gasteiger partial charge in [0.1, 0.15) is 6.26 Å². The standard InChI is InChI=1S/C11H15NO3S/c1-11(3-2-4-16-7-11)10-12-8(6-15-10)5-9(13)14/h6H,2-5,7H2,1H3,(H,13,14). The predicted octanol–water partition coefficient (Wildman–Crippen LogP) is 2.09. The van der Waals surface area contributed by atoms with Crippen LogP contribution in [0.2, 0.25) is 0 Å². The molecule has 16 heavy (non-hydrogen) atoms. The molecule has 1 unspecified atom stereocenters. The zero-order valence-corrected chi connectivity index (χ0v) is 10.0. The van der Waals surface area contributed by atoms with Crippen molar-refractivity contribution in [2.24, 2.45) is 0 Å². The van der Waals surface area contributed by atoms with Crippen molar-refractivity contribution in [2.45, 2.75) is 31.6 Å². The van der Waals surface area contributed by atoms with Gasteiger partial charge in [0.15, 0.2) is 0 Å². The Balaban J connectivity index is 2.13. The highest BCUT2D eigenvalue weighted by Gasteiger charge is 2.34. The number of thioether (sulfide) groups is 1. The molecule has 4 nitrogen and oxygen atoms in total. The maximum atomic E-state index is 10.5. The molecule has 1 atom stereocenters. The number of nitrogens with zero attached hydrogens (tertiary/aromatic N) is 1. The Morgan fingerprint density at radius 1 is 1.75 bits per heavy atom. The third-order valence-corrected chi connectivity index (χ3v) is 4.26. The molecule has 0 amide bonds. The minimum absolute atomic E-state index is 0.0281. The van der Waals surface area contributed by atoms with Gasteiger partial charge in [-0.3, -0.25) is 4.79 Å². The van der Waals surface area contributed by atoms with Crippen molar-refractivity contribution >= 4 is 17.7 Å². The fraction of sp³-hybridized carbons (Fsp3) is 0.636. The van der Waals surface area contributed by atoms with E-state index in [1.807, 2.05) is 11.8 Å². The monoisotopic (exact) mass is 241 g/mol. The van der Waals surface area contributed by atoms with Crippen LogP contribution in [0.1, 0.15) is 31.4 Å². The second-order valence-electron chi connectivity index (χ2n) is 4.43. The zero-order valence-electron chi connectivity index (χ0n) is 9.23. The maximum Gasteiger partial charge on any atom is 0.309 e. The fourth-order valence-corrected chi connectivity index (χ4v) is 3.13. The molecule has 2 heterocycles. The Morgan fingerprint density at radius 3 is 3.19 bits per heavy atom. The van der Waals surface area contributed by atoms with E-state index in [-0.39, 0.29) is 11.8 Å². The molecule has 1 fully saturated rings. The minimum atomic E-state index is -0.872. The number of oxazole rings is 1. The summed E-state index contributed by atoms with van der Waals surface area (Å²) in [6.45, 7) is 2.13. The van der Waals surface area contributed by atoms with Gasteiger partial charge in [-0.1, -0.05) is 6.92 Å². The molecule has 1 aromatic heterocycles. The SMILES string of the molecule is CC1(c2nc(CC(=O)O)co2)CCCSC1. The molecule has 88 valence electrons. The van der Waals surface area contributed by atoms with Crippen LogP contribution in [-0.4, -0.2) is 27.6 Å². The first-order chi connectivity index (χ1) is 7.60. The third kappa shape index (κ3) is 2.40. The van der Waals surface area contributed by atoms with Gasteiger partial charge in [-0.15, -0.1) is 0 Å². The van der Waals surface area contributed by atoms with E-state index in [0.717, 1.165) is 18.6 Å². The first-order valence-corrected chi connectivity index (χ1v) is 6.50. The van der Waals surface area contributed by atoms with E-state index in [2.05, 4.69) is 11.9 Å². The third-order valence-electron chi connectivity index (χ3n) is 2.84. The van der Waals surface area contributed by atoms with E-state index in [1.54, 1.807) is 0 Å². The van der Waals surface area contributed by atoms with Gasteiger partial charge in [0, 0.05) is 5.75 Å². The molecule has 0 bridgehead atoms. The van der Waals surface area contributed by atoms with Crippen LogP contribution in [0, 0.1) is 0 Å². The lowest BCUT2D eigenvalue weighted by Crippen LogP contribution is -2.29. The smallest absolute Gasteiger partial charge is 0.309 e. The molecule has 5 heteroatoms. The summed E-state index contributed by atoms with van der Waals surface area (Å²) < 4.78 is 5.42. The average molecular weight is 241 g/mol. The molecule has 1 aliphatic heterocycles. The normalized spacial score (nSPS) is 25.6. The first kappa shape index (κ1) is 11.5. The molecular weight excluding hydrogens is 226 g/mol. The number of rotatable bonds is 3. The number of hydrogen-bond donors (Lipinski definition) is 1. The Labute approximate surface area is 98.4 Å². The van der Waals surface area contributed by atoms with Crippen LogP contribution in [0.15, 0.2) is 10.7 Å². The van der Waals surface area contributed by atoms with Crippen molar-refractivity contribution in [3.63, 3.8) is 0 Å². The summed E-state index contributed by atoms with van der Waals surface area (Å²) in [7, 11) is 0. The highest BCUT2D eigenvalue weighted by molar-refractivity contribution is 7.99. The van der Waals surface area contributed by atoms with E-state index in [1.165, 1.54) is 12.0 Å². The average Bonchev–Trinajstić information content (AvgIpc) is 2.67. The van der Waals surface area contributed by atoms with E-state index < -0.39 is 5.97 Å². The van der Waals surface area contributed by atoms with Gasteiger partial charge in [-0.25, -0.2) is 4.98 Å². The van der Waals surface area contributed by atoms with Gasteiger partial charge in [-0.05, 0) is 18.6 Å². The molecule has 1 aliphatic rings. The minimum Gasteiger partial charge on any atom is -0.481 e. The van der Waals surface area contributed by atoms with Crippen LogP contribution in [0.3, 0.4) is 0 Å². The molecule has 0 aliphatic carbocycles. The summed E-state index contributed by atoms with van der Waals surface area (Å²) in [4.78, 5) is 14.8. The van der Waals surface area contributed by atoms with Crippen molar-refractivity contribution in [3.8, 4) is 0 Å². The van der Waals surface area contributed by atoms with Crippen molar-refractivity contribution in [1.29, 1.82) is 0 Å². The summed E-state index contributed by atoms with van der Waals surface area (Å²) >= 11 is 1.90. The van der Waals surface area contributed by atoms with Crippen molar-refractivity contribution in [1.82, 2.24) is 4.98 Å². The lowest BCUT2D eigenvalue weighted by atomic mass is 9.87. The quantitative estimate of drug-likeness (QED) is 0.877. The first-order valence-electron chi connectivity index (χ1n) is 5.35. The van der Waals surface area contributed by atoms with Gasteiger partial charge in [0.05, 0.1) is 17.5 Å². The summed E-state index contributed by atoms with van der Waals surface area (Å²) in [6.07, 6.45) is 3.63. The lowest BCUT2D eigenvalue weighted by Gasteiger charge is -2.29. The van der Waals surface area contributed by atoms with Gasteiger partial charge in [0.25, 0.3) is 0 Å². The molecule has 1 N–H and O–H groups in total. The number of aromatic nitrogens is 1. The van der Waals surface area contributed by atoms with Crippen LogP contribution in [-0.2, 0) is 16.6 Å². The number of carbonyl (C=O) groups is 1. The van der Waals surface area contributed by atoms with Gasteiger partial charge in [0.2, 0.25) is 5.89 Å². The van der Waals surface area contributed by atoms with Crippen LogP contribution in [0.4, 0.5) is 0 Å². The van der Waals surface area contributed by atoms with Crippen LogP contribution in [0.5, 0.6) is 0 Å². The van der Waals surface area contributed by atoms with Crippen molar-refractivity contribution in [3.05, 3.63) is 17.8 Å². The van der Waals surface area contributed by atoms with E-state index in [9.17, 15) is 4.79 Å². The van der Waals surface area contributed by atoms with Gasteiger partial charge < -0.3 is 9.52 Å². The number of carboxylic acid groups (broad SMARTS) is 1. The molecule has 0 spiro atoms.